The molecule has 0 amide bonds. The van der Waals surface area contributed by atoms with Gasteiger partial charge in [-0.2, -0.15) is 0 Å². The molecule has 0 radical (unpaired) electrons. The first-order valence-electron chi connectivity index (χ1n) is 12.5. The molecule has 1 saturated carbocycles. The quantitative estimate of drug-likeness (QED) is 0.292. The molecule has 0 aliphatic heterocycles. The third-order valence-corrected chi connectivity index (χ3v) is 8.32. The average Bonchev–Trinajstić information content (AvgIpc) is 3.18. The second-order valence-electron chi connectivity index (χ2n) is 10.1. The van der Waals surface area contributed by atoms with Crippen LogP contribution in [0, 0.1) is 0 Å². The summed E-state index contributed by atoms with van der Waals surface area (Å²) in [7, 11) is 1.70. The number of carbonyl (C=O) groups excluding carboxylic acids is 1. The molecule has 174 valence electrons. The fourth-order valence-corrected chi connectivity index (χ4v) is 6.53. The highest BCUT2D eigenvalue weighted by molar-refractivity contribution is 6.00. The number of ketones is 1. The predicted molar refractivity (Wildman–Crippen MR) is 146 cm³/mol. The molecule has 0 spiro atoms. The summed E-state index contributed by atoms with van der Waals surface area (Å²) in [5.41, 5.74) is 7.63. The van der Waals surface area contributed by atoms with Gasteiger partial charge in [0.05, 0.1) is 5.92 Å². The average molecular weight is 467 g/mol. The molecular formula is C34H26O2. The number of hydrogen-bond donors (Lipinski definition) is 0. The molecule has 9 aliphatic rings. The molecule has 0 heterocycles. The van der Waals surface area contributed by atoms with Crippen LogP contribution in [0.3, 0.4) is 0 Å². The summed E-state index contributed by atoms with van der Waals surface area (Å²) < 4.78 is 6.44. The second kappa shape index (κ2) is 8.01. The van der Waals surface area contributed by atoms with Gasteiger partial charge in [-0.3, -0.25) is 4.79 Å². The van der Waals surface area contributed by atoms with Gasteiger partial charge in [0.1, 0.15) is 0 Å². The molecule has 9 aliphatic carbocycles. The summed E-state index contributed by atoms with van der Waals surface area (Å²) in [4.78, 5) is 14.8. The Morgan fingerprint density at radius 2 is 0.972 bits per heavy atom. The van der Waals surface area contributed by atoms with E-state index in [0.29, 0.717) is 0 Å². The summed E-state index contributed by atoms with van der Waals surface area (Å²) in [6, 6.07) is 34.2. The van der Waals surface area contributed by atoms with E-state index in [1.165, 1.54) is 0 Å². The van der Waals surface area contributed by atoms with Crippen molar-refractivity contribution in [2.75, 3.05) is 7.11 Å². The summed E-state index contributed by atoms with van der Waals surface area (Å²) in [6.45, 7) is 0. The number of ether oxygens (including phenoxy) is 1. The first kappa shape index (κ1) is 21.3. The smallest absolute Gasteiger partial charge is 0.177 e. The number of carbonyl (C=O) groups is 1. The van der Waals surface area contributed by atoms with Gasteiger partial charge in [0.15, 0.2) is 11.4 Å². The van der Waals surface area contributed by atoms with Crippen molar-refractivity contribution in [1.82, 2.24) is 0 Å². The van der Waals surface area contributed by atoms with E-state index in [-0.39, 0.29) is 23.5 Å². The minimum absolute atomic E-state index is 0.0789. The van der Waals surface area contributed by atoms with Crippen LogP contribution in [0.25, 0.3) is 24.3 Å². The van der Waals surface area contributed by atoms with Crippen LogP contribution in [0.2, 0.25) is 0 Å². The molecule has 4 aromatic rings. The standard InChI is InChI=1S/C34H26O2/c1-36-34-29-20-12-25(13-21-29)5-4-24-10-18-28(19-11-24)32(34)30-26-14-6-22(7-15-26)2-3-23-8-16-27(17-9-23)31(30)33(34)35/h2-21,30-32H,1H3/b3-2-,5-4-. The molecule has 0 saturated heterocycles. The van der Waals surface area contributed by atoms with Crippen molar-refractivity contribution >= 4 is 30.1 Å². The van der Waals surface area contributed by atoms with Crippen molar-refractivity contribution in [2.24, 2.45) is 0 Å². The lowest BCUT2D eigenvalue weighted by Gasteiger charge is -2.36. The van der Waals surface area contributed by atoms with E-state index in [9.17, 15) is 4.79 Å². The van der Waals surface area contributed by atoms with Crippen LogP contribution in [-0.4, -0.2) is 12.9 Å². The predicted octanol–water partition coefficient (Wildman–Crippen LogP) is 7.43. The van der Waals surface area contributed by atoms with Crippen LogP contribution in [0.4, 0.5) is 0 Å². The van der Waals surface area contributed by atoms with Gasteiger partial charge in [-0.25, -0.2) is 0 Å². The Hall–Kier alpha value is -4.01. The maximum atomic E-state index is 14.8. The lowest BCUT2D eigenvalue weighted by atomic mass is 9.72. The fraction of sp³-hybridized carbons (Fsp3) is 0.147. The van der Waals surface area contributed by atoms with Crippen LogP contribution in [-0.2, 0) is 15.1 Å². The van der Waals surface area contributed by atoms with Crippen LogP contribution in [0.5, 0.6) is 0 Å². The molecule has 2 heteroatoms. The van der Waals surface area contributed by atoms with Gasteiger partial charge in [0.25, 0.3) is 0 Å². The topological polar surface area (TPSA) is 26.3 Å². The van der Waals surface area contributed by atoms with Gasteiger partial charge in [-0.05, 0) is 44.5 Å². The van der Waals surface area contributed by atoms with Crippen LogP contribution >= 0.6 is 0 Å². The van der Waals surface area contributed by atoms with E-state index < -0.39 is 5.60 Å². The summed E-state index contributed by atoms with van der Waals surface area (Å²) in [5, 5.41) is 0. The van der Waals surface area contributed by atoms with Crippen molar-refractivity contribution in [3.63, 3.8) is 0 Å². The SMILES string of the molecule is COC12C(=O)C3c4ccc(cc4)/C=C\c4ccc(cc4)C3C1c1ccc(cc1)/C=C\c1ccc2cc1. The first-order chi connectivity index (χ1) is 17.7. The molecule has 13 rings (SSSR count). The zero-order valence-electron chi connectivity index (χ0n) is 20.1. The van der Waals surface area contributed by atoms with Gasteiger partial charge in [0.2, 0.25) is 0 Å². The highest BCUT2D eigenvalue weighted by atomic mass is 16.5. The summed E-state index contributed by atoms with van der Waals surface area (Å²) >= 11 is 0. The molecule has 4 aromatic carbocycles. The number of hydrogen-bond acceptors (Lipinski definition) is 2. The zero-order chi connectivity index (χ0) is 24.3. The minimum atomic E-state index is -1.10. The number of benzene rings is 4. The molecule has 0 N–H and O–H groups in total. The normalized spacial score (nSPS) is 26.9. The van der Waals surface area contributed by atoms with E-state index in [1.807, 2.05) is 0 Å². The second-order valence-corrected chi connectivity index (χ2v) is 10.1. The Kier molecular flexibility index (Phi) is 4.74. The van der Waals surface area contributed by atoms with E-state index in [4.69, 9.17) is 4.74 Å². The molecule has 0 aromatic heterocycles. The van der Waals surface area contributed by atoms with Gasteiger partial charge in [-0.15, -0.1) is 0 Å². The van der Waals surface area contributed by atoms with Crippen molar-refractivity contribution in [3.8, 4) is 0 Å². The van der Waals surface area contributed by atoms with Gasteiger partial charge >= 0.3 is 0 Å². The first-order valence-corrected chi connectivity index (χ1v) is 12.5. The van der Waals surface area contributed by atoms with Gasteiger partial charge in [0, 0.05) is 18.9 Å². The third kappa shape index (κ3) is 3.04. The van der Waals surface area contributed by atoms with Crippen LogP contribution in [0.1, 0.15) is 62.3 Å². The Morgan fingerprint density at radius 1 is 0.556 bits per heavy atom. The third-order valence-electron chi connectivity index (χ3n) is 8.32. The summed E-state index contributed by atoms with van der Waals surface area (Å²) in [6.07, 6.45) is 8.50. The fourth-order valence-electron chi connectivity index (χ4n) is 6.53. The Labute approximate surface area is 211 Å². The Bertz CT molecular complexity index is 1510. The van der Waals surface area contributed by atoms with E-state index in [2.05, 4.69) is 121 Å². The number of Topliss-reactive ketones (excluding diaryl/α,β-unsaturated/α-hetero) is 1. The zero-order valence-corrected chi connectivity index (χ0v) is 20.1. The molecule has 36 heavy (non-hydrogen) atoms. The molecular weight excluding hydrogens is 440 g/mol. The molecule has 1 fully saturated rings. The summed E-state index contributed by atoms with van der Waals surface area (Å²) in [5.74, 6) is -0.480. The maximum Gasteiger partial charge on any atom is 0.177 e. The van der Waals surface area contributed by atoms with Crippen LogP contribution < -0.4 is 0 Å². The molecule has 4 unspecified atom stereocenters. The lowest BCUT2D eigenvalue weighted by Crippen LogP contribution is -2.39. The van der Waals surface area contributed by atoms with Crippen molar-refractivity contribution in [2.45, 2.75) is 23.4 Å². The largest absolute Gasteiger partial charge is 0.365 e. The van der Waals surface area contributed by atoms with Gasteiger partial charge < -0.3 is 4.74 Å². The maximum absolute atomic E-state index is 14.8. The van der Waals surface area contributed by atoms with E-state index >= 15 is 0 Å². The van der Waals surface area contributed by atoms with Crippen molar-refractivity contribution in [3.05, 3.63) is 142 Å². The molecule has 2 nitrogen and oxygen atoms in total. The van der Waals surface area contributed by atoms with E-state index in [1.54, 1.807) is 7.11 Å². The monoisotopic (exact) mass is 466 g/mol. The van der Waals surface area contributed by atoms with Crippen molar-refractivity contribution < 1.29 is 9.53 Å². The molecule has 4 atom stereocenters. The van der Waals surface area contributed by atoms with E-state index in [0.717, 1.165) is 44.5 Å². The van der Waals surface area contributed by atoms with Crippen LogP contribution in [0.15, 0.2) is 97.1 Å². The highest BCUT2D eigenvalue weighted by Gasteiger charge is 2.62. The van der Waals surface area contributed by atoms with Crippen molar-refractivity contribution in [1.29, 1.82) is 0 Å². The Balaban J connectivity index is 1.57. The lowest BCUT2D eigenvalue weighted by molar-refractivity contribution is -0.140. The highest BCUT2D eigenvalue weighted by Crippen LogP contribution is 2.62. The number of rotatable bonds is 1. The molecule has 8 bridgehead atoms. The van der Waals surface area contributed by atoms with Gasteiger partial charge in [-0.1, -0.05) is 121 Å². The minimum Gasteiger partial charge on any atom is -0.365 e. The number of methoxy groups -OCH3 is 1. The Morgan fingerprint density at radius 3 is 1.44 bits per heavy atom.